The first-order chi connectivity index (χ1) is 15.0. The van der Waals surface area contributed by atoms with Crippen molar-refractivity contribution in [3.05, 3.63) is 48.4 Å². The van der Waals surface area contributed by atoms with Gasteiger partial charge < -0.3 is 10.6 Å². The van der Waals surface area contributed by atoms with E-state index >= 15 is 0 Å². The number of rotatable bonds is 8. The van der Waals surface area contributed by atoms with Crippen LogP contribution in [-0.2, 0) is 4.79 Å². The van der Waals surface area contributed by atoms with Gasteiger partial charge in [-0.3, -0.25) is 14.8 Å². The summed E-state index contributed by atoms with van der Waals surface area (Å²) in [4.78, 5) is 25.0. The average molecular weight is 427 g/mol. The van der Waals surface area contributed by atoms with Crippen molar-refractivity contribution in [2.24, 2.45) is 15.9 Å². The molecule has 0 saturated heterocycles. The van der Waals surface area contributed by atoms with Crippen LogP contribution in [0.25, 0.3) is 10.8 Å². The Bertz CT molecular complexity index is 981. The number of carbonyl (C=O) groups excluding carboxylic acids is 1. The van der Waals surface area contributed by atoms with Gasteiger partial charge in [0.2, 0.25) is 5.91 Å². The van der Waals surface area contributed by atoms with Crippen LogP contribution in [0.3, 0.4) is 0 Å². The highest BCUT2D eigenvalue weighted by Gasteiger charge is 2.26. The van der Waals surface area contributed by atoms with E-state index in [4.69, 9.17) is 0 Å². The Kier molecular flexibility index (Phi) is 7.94. The molecule has 1 saturated carbocycles. The third-order valence-electron chi connectivity index (χ3n) is 5.49. The molecule has 164 valence electrons. The van der Waals surface area contributed by atoms with Crippen LogP contribution in [0, 0.1) is 5.92 Å². The molecule has 6 nitrogen and oxygen atoms in total. The van der Waals surface area contributed by atoms with E-state index in [2.05, 4.69) is 32.3 Å². The zero-order valence-corrected chi connectivity index (χ0v) is 17.5. The van der Waals surface area contributed by atoms with Crippen molar-refractivity contribution in [1.29, 1.82) is 0 Å². The van der Waals surface area contributed by atoms with Crippen molar-refractivity contribution < 1.29 is 13.6 Å². The van der Waals surface area contributed by atoms with Gasteiger partial charge in [0.15, 0.2) is 0 Å². The lowest BCUT2D eigenvalue weighted by atomic mass is 9.85. The molecule has 1 aliphatic carbocycles. The van der Waals surface area contributed by atoms with Gasteiger partial charge in [0.1, 0.15) is 5.82 Å². The Morgan fingerprint density at radius 1 is 1.23 bits per heavy atom. The molecule has 0 radical (unpaired) electrons. The minimum absolute atomic E-state index is 0.0530. The number of fused-ring (bicyclic) bond motifs is 1. The van der Waals surface area contributed by atoms with Crippen molar-refractivity contribution in [2.75, 3.05) is 11.9 Å². The summed E-state index contributed by atoms with van der Waals surface area (Å²) in [6, 6.07) is 7.83. The normalized spacial score (nSPS) is 19.8. The van der Waals surface area contributed by atoms with Gasteiger partial charge in [-0.25, -0.2) is 13.8 Å². The number of amides is 1. The number of benzene rings is 1. The van der Waals surface area contributed by atoms with E-state index < -0.39 is 6.43 Å². The number of carbonyl (C=O) groups is 1. The summed E-state index contributed by atoms with van der Waals surface area (Å²) in [5.74, 6) is 0.293. The van der Waals surface area contributed by atoms with Crippen LogP contribution < -0.4 is 10.6 Å². The Labute approximate surface area is 180 Å². The molecular formula is C23H27F2N5O. The Hall–Kier alpha value is -3.00. The van der Waals surface area contributed by atoms with Gasteiger partial charge in [0.25, 0.3) is 6.43 Å². The van der Waals surface area contributed by atoms with Crippen molar-refractivity contribution in [2.45, 2.75) is 45.1 Å². The molecule has 3 rings (SSSR count). The first kappa shape index (κ1) is 22.7. The molecule has 0 bridgehead atoms. The molecule has 1 aromatic carbocycles. The second kappa shape index (κ2) is 10.9. The summed E-state index contributed by atoms with van der Waals surface area (Å²) in [6.45, 7) is 4.99. The standard InChI is InChI=1S/C23H27F2N5O/c1-15(27-10-9-26-2)17-3-4-18-13-29-22(12-19(18)11-17)30-23(31)16-5-7-20(8-6-16)28-14-21(24)25/h3-4,9-13,16,20-21,28H,2,5-8,14H2,1H3,(H,29,30,31)/b10-9-,27-15?. The minimum Gasteiger partial charge on any atom is -0.310 e. The summed E-state index contributed by atoms with van der Waals surface area (Å²) < 4.78 is 24.7. The molecule has 1 aromatic heterocycles. The van der Waals surface area contributed by atoms with Gasteiger partial charge in [-0.1, -0.05) is 12.1 Å². The molecule has 0 spiro atoms. The Morgan fingerprint density at radius 2 is 2.00 bits per heavy atom. The molecule has 0 unspecified atom stereocenters. The Balaban J connectivity index is 1.63. The highest BCUT2D eigenvalue weighted by Crippen LogP contribution is 2.26. The molecule has 0 atom stereocenters. The van der Waals surface area contributed by atoms with Gasteiger partial charge in [-0.05, 0) is 62.4 Å². The predicted octanol–water partition coefficient (Wildman–Crippen LogP) is 4.57. The maximum Gasteiger partial charge on any atom is 0.250 e. The number of pyridine rings is 1. The van der Waals surface area contributed by atoms with E-state index in [1.165, 1.54) is 6.20 Å². The van der Waals surface area contributed by atoms with Crippen LogP contribution in [0.4, 0.5) is 14.6 Å². The second-order valence-electron chi connectivity index (χ2n) is 7.66. The third kappa shape index (κ3) is 6.49. The van der Waals surface area contributed by atoms with Crippen molar-refractivity contribution in [1.82, 2.24) is 10.3 Å². The maximum absolute atomic E-state index is 12.7. The van der Waals surface area contributed by atoms with Crippen LogP contribution >= 0.6 is 0 Å². The number of hydrogen-bond donors (Lipinski definition) is 2. The van der Waals surface area contributed by atoms with E-state index in [1.54, 1.807) is 12.4 Å². The summed E-state index contributed by atoms with van der Waals surface area (Å²) in [5.41, 5.74) is 1.79. The largest absolute Gasteiger partial charge is 0.310 e. The van der Waals surface area contributed by atoms with Crippen molar-refractivity contribution in [3.63, 3.8) is 0 Å². The molecule has 8 heteroatoms. The van der Waals surface area contributed by atoms with Gasteiger partial charge >= 0.3 is 0 Å². The lowest BCUT2D eigenvalue weighted by Gasteiger charge is -2.28. The van der Waals surface area contributed by atoms with Crippen LogP contribution in [-0.4, -0.2) is 42.3 Å². The number of aliphatic imine (C=N–C) groups is 2. The second-order valence-corrected chi connectivity index (χ2v) is 7.66. The fraction of sp³-hybridized carbons (Fsp3) is 0.391. The van der Waals surface area contributed by atoms with Crippen molar-refractivity contribution in [3.8, 4) is 0 Å². The fourth-order valence-electron chi connectivity index (χ4n) is 3.74. The molecule has 1 fully saturated rings. The van der Waals surface area contributed by atoms with E-state index in [1.807, 2.05) is 31.2 Å². The number of anilines is 1. The number of nitrogens with zero attached hydrogens (tertiary/aromatic N) is 3. The molecular weight excluding hydrogens is 400 g/mol. The number of alkyl halides is 2. The number of aromatic nitrogens is 1. The third-order valence-corrected chi connectivity index (χ3v) is 5.49. The van der Waals surface area contributed by atoms with Crippen molar-refractivity contribution >= 4 is 34.9 Å². The maximum atomic E-state index is 12.7. The predicted molar refractivity (Wildman–Crippen MR) is 121 cm³/mol. The summed E-state index contributed by atoms with van der Waals surface area (Å²) >= 11 is 0. The lowest BCUT2D eigenvalue weighted by Crippen LogP contribution is -2.38. The molecule has 0 aliphatic heterocycles. The number of hydrogen-bond acceptors (Lipinski definition) is 5. The molecule has 2 N–H and O–H groups in total. The monoisotopic (exact) mass is 427 g/mol. The zero-order valence-electron chi connectivity index (χ0n) is 17.5. The molecule has 1 aliphatic rings. The Morgan fingerprint density at radius 3 is 2.71 bits per heavy atom. The van der Waals surface area contributed by atoms with Crippen LogP contribution in [0.15, 0.2) is 52.8 Å². The summed E-state index contributed by atoms with van der Waals surface area (Å²) in [7, 11) is 0. The van der Waals surface area contributed by atoms with Crippen LogP contribution in [0.1, 0.15) is 38.2 Å². The first-order valence-electron chi connectivity index (χ1n) is 10.3. The molecule has 1 heterocycles. The zero-order chi connectivity index (χ0) is 22.2. The highest BCUT2D eigenvalue weighted by atomic mass is 19.3. The minimum atomic E-state index is -2.35. The van der Waals surface area contributed by atoms with E-state index in [-0.39, 0.29) is 24.4 Å². The van der Waals surface area contributed by atoms with Crippen LogP contribution in [0.2, 0.25) is 0 Å². The smallest absolute Gasteiger partial charge is 0.250 e. The van der Waals surface area contributed by atoms with E-state index in [0.29, 0.717) is 31.5 Å². The molecule has 1 amide bonds. The number of nitrogens with one attached hydrogen (secondary N) is 2. The van der Waals surface area contributed by atoms with Gasteiger partial charge in [0.05, 0.1) is 6.54 Å². The summed E-state index contributed by atoms with van der Waals surface area (Å²) in [5, 5.41) is 7.68. The van der Waals surface area contributed by atoms with Gasteiger partial charge in [-0.2, -0.15) is 0 Å². The highest BCUT2D eigenvalue weighted by molar-refractivity contribution is 6.02. The fourth-order valence-corrected chi connectivity index (χ4v) is 3.74. The average Bonchev–Trinajstić information content (AvgIpc) is 2.77. The quantitative estimate of drug-likeness (QED) is 0.606. The molecule has 2 aromatic rings. The summed E-state index contributed by atoms with van der Waals surface area (Å²) in [6.07, 6.45) is 5.26. The van der Waals surface area contributed by atoms with E-state index in [9.17, 15) is 13.6 Å². The SMILES string of the molecule is C=N/C=C\N=C(C)c1ccc2cnc(NC(=O)C3CCC(NCC(F)F)CC3)cc2c1. The van der Waals surface area contributed by atoms with Gasteiger partial charge in [-0.15, -0.1) is 0 Å². The lowest BCUT2D eigenvalue weighted by molar-refractivity contribution is -0.120. The number of halogens is 2. The topological polar surface area (TPSA) is 78.7 Å². The van der Waals surface area contributed by atoms with E-state index in [0.717, 1.165) is 22.0 Å². The van der Waals surface area contributed by atoms with Gasteiger partial charge in [0, 0.05) is 41.7 Å². The first-order valence-corrected chi connectivity index (χ1v) is 10.3. The molecule has 31 heavy (non-hydrogen) atoms. The van der Waals surface area contributed by atoms with Crippen LogP contribution in [0.5, 0.6) is 0 Å².